The summed E-state index contributed by atoms with van der Waals surface area (Å²) in [4.78, 5) is 24.3. The molecular formula is C31H22FN5O. The first kappa shape index (κ1) is 23.2. The summed E-state index contributed by atoms with van der Waals surface area (Å²) in [5.74, 6) is 5.68. The number of carbonyl (C=O) groups is 1. The topological polar surface area (TPSA) is 75.6 Å². The molecule has 0 bridgehead atoms. The molecule has 0 unspecified atom stereocenters. The van der Waals surface area contributed by atoms with E-state index in [0.717, 1.165) is 49.8 Å². The van der Waals surface area contributed by atoms with Crippen LogP contribution < -0.4 is 5.32 Å². The van der Waals surface area contributed by atoms with E-state index in [0.29, 0.717) is 11.3 Å². The first-order chi connectivity index (χ1) is 18.5. The summed E-state index contributed by atoms with van der Waals surface area (Å²) >= 11 is 0. The van der Waals surface area contributed by atoms with Crippen molar-refractivity contribution in [2.45, 2.75) is 6.92 Å². The molecule has 1 amide bonds. The Balaban J connectivity index is 1.26. The smallest absolute Gasteiger partial charge is 0.255 e. The Morgan fingerprint density at radius 2 is 1.87 bits per heavy atom. The van der Waals surface area contributed by atoms with Gasteiger partial charge in [-0.3, -0.25) is 4.79 Å². The van der Waals surface area contributed by atoms with Crippen LogP contribution in [0.3, 0.4) is 0 Å². The fourth-order valence-electron chi connectivity index (χ4n) is 4.52. The lowest BCUT2D eigenvalue weighted by Gasteiger charge is -2.08. The number of halogens is 1. The van der Waals surface area contributed by atoms with Crippen LogP contribution in [-0.4, -0.2) is 25.4 Å². The lowest BCUT2D eigenvalue weighted by molar-refractivity contribution is 0.102. The van der Waals surface area contributed by atoms with Crippen LogP contribution in [0.25, 0.3) is 33.1 Å². The molecule has 2 N–H and O–H groups in total. The van der Waals surface area contributed by atoms with Gasteiger partial charge in [0.2, 0.25) is 5.95 Å². The molecule has 184 valence electrons. The Hall–Kier alpha value is -5.22. The molecule has 0 saturated heterocycles. The number of aryl methyl sites for hydroxylation is 2. The number of fused-ring (bicyclic) bond motifs is 2. The summed E-state index contributed by atoms with van der Waals surface area (Å²) in [5.41, 5.74) is 7.31. The molecule has 6 nitrogen and oxygen atoms in total. The number of aromatic nitrogens is 4. The van der Waals surface area contributed by atoms with E-state index in [-0.39, 0.29) is 5.91 Å². The minimum Gasteiger partial charge on any atom is -0.350 e. The van der Waals surface area contributed by atoms with Gasteiger partial charge in [-0.2, -0.15) is 4.39 Å². The molecule has 0 aliphatic rings. The van der Waals surface area contributed by atoms with Crippen LogP contribution in [0.4, 0.5) is 10.1 Å². The van der Waals surface area contributed by atoms with E-state index in [1.807, 2.05) is 73.4 Å². The second-order valence-electron chi connectivity index (χ2n) is 9.09. The number of carbonyl (C=O) groups excluding carboxylic acids is 1. The minimum absolute atomic E-state index is 0.221. The molecular weight excluding hydrogens is 477 g/mol. The zero-order valence-corrected chi connectivity index (χ0v) is 20.7. The number of anilines is 1. The highest BCUT2D eigenvalue weighted by Gasteiger charge is 2.13. The van der Waals surface area contributed by atoms with Crippen molar-refractivity contribution >= 4 is 33.5 Å². The van der Waals surface area contributed by atoms with Crippen LogP contribution in [0.15, 0.2) is 85.5 Å². The maximum absolute atomic E-state index is 13.3. The minimum atomic E-state index is -0.514. The van der Waals surface area contributed by atoms with Crippen LogP contribution >= 0.6 is 0 Å². The van der Waals surface area contributed by atoms with Gasteiger partial charge in [0.1, 0.15) is 5.65 Å². The molecule has 0 radical (unpaired) electrons. The summed E-state index contributed by atoms with van der Waals surface area (Å²) in [6, 6.07) is 18.2. The third kappa shape index (κ3) is 4.29. The van der Waals surface area contributed by atoms with Crippen molar-refractivity contribution in [2.24, 2.45) is 7.05 Å². The van der Waals surface area contributed by atoms with Gasteiger partial charge in [-0.1, -0.05) is 24.0 Å². The van der Waals surface area contributed by atoms with Crippen molar-refractivity contribution in [1.82, 2.24) is 19.5 Å². The summed E-state index contributed by atoms with van der Waals surface area (Å²) in [5, 5.41) is 4.94. The largest absolute Gasteiger partial charge is 0.350 e. The molecule has 7 heteroatoms. The predicted molar refractivity (Wildman–Crippen MR) is 147 cm³/mol. The van der Waals surface area contributed by atoms with E-state index < -0.39 is 5.95 Å². The maximum atomic E-state index is 13.3. The molecule has 0 aliphatic carbocycles. The fourth-order valence-corrected chi connectivity index (χ4v) is 4.52. The van der Waals surface area contributed by atoms with Gasteiger partial charge in [0.05, 0.1) is 11.1 Å². The second-order valence-corrected chi connectivity index (χ2v) is 9.09. The highest BCUT2D eigenvalue weighted by Crippen LogP contribution is 2.31. The van der Waals surface area contributed by atoms with Crippen LogP contribution in [-0.2, 0) is 7.05 Å². The van der Waals surface area contributed by atoms with Gasteiger partial charge in [-0.25, -0.2) is 9.97 Å². The first-order valence-electron chi connectivity index (χ1n) is 12.0. The van der Waals surface area contributed by atoms with Crippen molar-refractivity contribution in [3.8, 4) is 23.0 Å². The molecule has 0 spiro atoms. The highest BCUT2D eigenvalue weighted by molar-refractivity contribution is 6.06. The van der Waals surface area contributed by atoms with Gasteiger partial charge in [-0.05, 0) is 61.0 Å². The second kappa shape index (κ2) is 9.34. The van der Waals surface area contributed by atoms with Crippen molar-refractivity contribution in [3.63, 3.8) is 0 Å². The van der Waals surface area contributed by atoms with E-state index >= 15 is 0 Å². The molecule has 0 atom stereocenters. The summed E-state index contributed by atoms with van der Waals surface area (Å²) in [7, 11) is 1.93. The van der Waals surface area contributed by atoms with Crippen LogP contribution in [0.2, 0.25) is 0 Å². The lowest BCUT2D eigenvalue weighted by Crippen LogP contribution is -2.12. The molecule has 38 heavy (non-hydrogen) atoms. The normalized spacial score (nSPS) is 10.9. The maximum Gasteiger partial charge on any atom is 0.255 e. The molecule has 0 fully saturated rings. The van der Waals surface area contributed by atoms with Gasteiger partial charge >= 0.3 is 0 Å². The van der Waals surface area contributed by atoms with E-state index in [1.54, 1.807) is 18.3 Å². The van der Waals surface area contributed by atoms with E-state index in [9.17, 15) is 9.18 Å². The molecule has 4 heterocycles. The fraction of sp³-hybridized carbons (Fsp3) is 0.0645. The van der Waals surface area contributed by atoms with Gasteiger partial charge in [-0.15, -0.1) is 0 Å². The van der Waals surface area contributed by atoms with Crippen LogP contribution in [0, 0.1) is 24.7 Å². The number of amides is 1. The number of pyridine rings is 2. The first-order valence-corrected chi connectivity index (χ1v) is 12.0. The molecule has 0 aliphatic heterocycles. The number of hydrogen-bond donors (Lipinski definition) is 2. The Bertz CT molecular complexity index is 1900. The van der Waals surface area contributed by atoms with E-state index in [1.165, 1.54) is 12.3 Å². The van der Waals surface area contributed by atoms with Gasteiger partial charge in [0.15, 0.2) is 0 Å². The zero-order valence-electron chi connectivity index (χ0n) is 20.7. The van der Waals surface area contributed by atoms with Crippen molar-refractivity contribution < 1.29 is 9.18 Å². The SMILES string of the molecule is Cc1ccc(C(=O)Nc2ccc3c(-c4ccc(F)nc4)cn(C)c3c2)cc1C#Cc1c[nH]c2ncccc12. The lowest BCUT2D eigenvalue weighted by atomic mass is 10.0. The monoisotopic (exact) mass is 499 g/mol. The molecule has 2 aromatic carbocycles. The number of aromatic amines is 1. The van der Waals surface area contributed by atoms with Gasteiger partial charge in [0.25, 0.3) is 5.91 Å². The van der Waals surface area contributed by atoms with Crippen molar-refractivity contribution in [2.75, 3.05) is 5.32 Å². The number of H-pyrrole nitrogens is 1. The third-order valence-electron chi connectivity index (χ3n) is 6.57. The van der Waals surface area contributed by atoms with Crippen LogP contribution in [0.5, 0.6) is 0 Å². The van der Waals surface area contributed by atoms with Crippen molar-refractivity contribution in [3.05, 3.63) is 114 Å². The predicted octanol–water partition coefficient (Wildman–Crippen LogP) is 6.22. The summed E-state index contributed by atoms with van der Waals surface area (Å²) in [6.45, 7) is 1.97. The number of rotatable bonds is 3. The average molecular weight is 500 g/mol. The number of benzene rings is 2. The van der Waals surface area contributed by atoms with E-state index in [2.05, 4.69) is 32.1 Å². The van der Waals surface area contributed by atoms with Crippen LogP contribution in [0.1, 0.15) is 27.0 Å². The molecule has 6 aromatic rings. The highest BCUT2D eigenvalue weighted by atomic mass is 19.1. The van der Waals surface area contributed by atoms with Gasteiger partial charge in [0, 0.05) is 70.5 Å². The summed E-state index contributed by atoms with van der Waals surface area (Å²) in [6.07, 6.45) is 7.07. The average Bonchev–Trinajstić information content (AvgIpc) is 3.49. The molecule has 6 rings (SSSR count). The quantitative estimate of drug-likeness (QED) is 0.224. The Morgan fingerprint density at radius 1 is 1.00 bits per heavy atom. The standard InChI is InChI=1S/C31H22FN5O/c1-19-5-6-21(14-20(19)7-8-22-17-35-30-25(22)4-3-13-33-30)31(38)36-24-10-11-26-27(18-37(2)28(26)15-24)23-9-12-29(32)34-16-23/h3-6,9-18H,1-2H3,(H,33,35)(H,36,38). The molecule has 4 aromatic heterocycles. The third-order valence-corrected chi connectivity index (χ3v) is 6.57. The Morgan fingerprint density at radius 3 is 2.71 bits per heavy atom. The number of hydrogen-bond acceptors (Lipinski definition) is 3. The Labute approximate surface area is 218 Å². The Kier molecular flexibility index (Phi) is 5.70. The van der Waals surface area contributed by atoms with Gasteiger partial charge < -0.3 is 14.9 Å². The zero-order chi connectivity index (χ0) is 26.2. The van der Waals surface area contributed by atoms with Crippen molar-refractivity contribution in [1.29, 1.82) is 0 Å². The van der Waals surface area contributed by atoms with E-state index in [4.69, 9.17) is 0 Å². The number of nitrogens with zero attached hydrogens (tertiary/aromatic N) is 3. The number of nitrogens with one attached hydrogen (secondary N) is 2. The molecule has 0 saturated carbocycles. The summed E-state index contributed by atoms with van der Waals surface area (Å²) < 4.78 is 15.3.